The highest BCUT2D eigenvalue weighted by Gasteiger charge is 2.30. The van der Waals surface area contributed by atoms with Crippen LogP contribution in [0, 0.1) is 5.92 Å². The van der Waals surface area contributed by atoms with E-state index < -0.39 is 5.60 Å². The molecule has 5 nitrogen and oxygen atoms in total. The van der Waals surface area contributed by atoms with Gasteiger partial charge >= 0.3 is 6.09 Å². The fraction of sp³-hybridized carbons (Fsp3) is 0.929. The molecule has 0 bridgehead atoms. The monoisotopic (exact) mass is 272 g/mol. The van der Waals surface area contributed by atoms with E-state index in [-0.39, 0.29) is 12.1 Å². The number of piperidine rings is 1. The van der Waals surface area contributed by atoms with Gasteiger partial charge in [0.15, 0.2) is 0 Å². The summed E-state index contributed by atoms with van der Waals surface area (Å²) in [4.78, 5) is 19.1. The molecule has 1 fully saturated rings. The fourth-order valence-corrected chi connectivity index (χ4v) is 2.22. The molecule has 1 N–H and O–H groups in total. The normalized spacial score (nSPS) is 22.2. The number of ether oxygens (including phenoxy) is 1. The molecule has 1 aliphatic heterocycles. The Balaban J connectivity index is 2.47. The van der Waals surface area contributed by atoms with Crippen LogP contribution in [0.2, 0.25) is 0 Å². The van der Waals surface area contributed by atoms with E-state index in [1.807, 2.05) is 32.6 Å². The molecule has 0 aromatic carbocycles. The highest BCUT2D eigenvalue weighted by Crippen LogP contribution is 2.21. The Kier molecular flexibility index (Phi) is 6.07. The number of carbonyl (C=O) groups is 1. The van der Waals surface area contributed by atoms with Gasteiger partial charge in [0, 0.05) is 19.1 Å². The van der Waals surface area contributed by atoms with Gasteiger partial charge < -0.3 is 14.5 Å². The highest BCUT2D eigenvalue weighted by atomic mass is 16.6. The average molecular weight is 272 g/mol. The molecule has 1 rings (SSSR count). The summed E-state index contributed by atoms with van der Waals surface area (Å²) in [6.45, 7) is 11.9. The van der Waals surface area contributed by atoms with Crippen molar-refractivity contribution in [2.45, 2.75) is 59.1 Å². The van der Waals surface area contributed by atoms with Crippen LogP contribution < -0.4 is 5.48 Å². The first-order valence-electron chi connectivity index (χ1n) is 7.18. The molecule has 0 aromatic heterocycles. The maximum Gasteiger partial charge on any atom is 0.410 e. The Morgan fingerprint density at radius 1 is 1.47 bits per heavy atom. The van der Waals surface area contributed by atoms with Crippen LogP contribution in [-0.4, -0.2) is 42.3 Å². The van der Waals surface area contributed by atoms with Crippen molar-refractivity contribution in [3.63, 3.8) is 0 Å². The molecule has 0 radical (unpaired) electrons. The summed E-state index contributed by atoms with van der Waals surface area (Å²) < 4.78 is 5.42. The van der Waals surface area contributed by atoms with Gasteiger partial charge in [-0.25, -0.2) is 4.79 Å². The van der Waals surface area contributed by atoms with Crippen LogP contribution in [0.3, 0.4) is 0 Å². The molecule has 0 spiro atoms. The fourth-order valence-electron chi connectivity index (χ4n) is 2.22. The summed E-state index contributed by atoms with van der Waals surface area (Å²) in [5.74, 6) is 0.410. The van der Waals surface area contributed by atoms with Crippen molar-refractivity contribution in [3.8, 4) is 0 Å². The Labute approximate surface area is 116 Å². The Morgan fingerprint density at radius 2 is 2.16 bits per heavy atom. The molecule has 2 atom stereocenters. The van der Waals surface area contributed by atoms with E-state index in [2.05, 4.69) is 12.4 Å². The van der Waals surface area contributed by atoms with Crippen LogP contribution in [0.25, 0.3) is 0 Å². The van der Waals surface area contributed by atoms with Gasteiger partial charge in [-0.15, -0.1) is 0 Å². The zero-order valence-corrected chi connectivity index (χ0v) is 12.9. The first-order valence-corrected chi connectivity index (χ1v) is 7.18. The number of amides is 1. The highest BCUT2D eigenvalue weighted by molar-refractivity contribution is 5.68. The summed E-state index contributed by atoms with van der Waals surface area (Å²) in [6.07, 6.45) is 1.92. The molecule has 1 aliphatic rings. The zero-order valence-electron chi connectivity index (χ0n) is 12.9. The molecule has 0 aliphatic carbocycles. The topological polar surface area (TPSA) is 50.8 Å². The summed E-state index contributed by atoms with van der Waals surface area (Å²) in [5, 5.41) is 0. The minimum absolute atomic E-state index is 0.208. The lowest BCUT2D eigenvalue weighted by Gasteiger charge is -2.36. The van der Waals surface area contributed by atoms with Crippen LogP contribution in [0.5, 0.6) is 0 Å². The molecule has 112 valence electrons. The molecule has 0 saturated carbocycles. The second-order valence-electron chi connectivity index (χ2n) is 6.17. The van der Waals surface area contributed by atoms with Crippen molar-refractivity contribution in [3.05, 3.63) is 0 Å². The maximum atomic E-state index is 12.0. The standard InChI is InChI=1S/C14H28N2O3/c1-6-18-15-11(2)12-8-7-9-16(10-12)13(17)19-14(3,4)5/h11-12,15H,6-10H2,1-5H3. The molecular weight excluding hydrogens is 244 g/mol. The molecule has 0 aromatic rings. The van der Waals surface area contributed by atoms with E-state index in [0.717, 1.165) is 25.9 Å². The largest absolute Gasteiger partial charge is 0.444 e. The first kappa shape index (κ1) is 16.2. The first-order chi connectivity index (χ1) is 8.83. The molecule has 1 heterocycles. The predicted octanol–water partition coefficient (Wildman–Crippen LogP) is 2.56. The van der Waals surface area contributed by atoms with Gasteiger partial charge in [-0.1, -0.05) is 0 Å². The molecule has 1 amide bonds. The number of likely N-dealkylation sites (tertiary alicyclic amines) is 1. The second-order valence-corrected chi connectivity index (χ2v) is 6.17. The SMILES string of the molecule is CCONC(C)C1CCCN(C(=O)OC(C)(C)C)C1. The van der Waals surface area contributed by atoms with E-state index in [4.69, 9.17) is 9.57 Å². The van der Waals surface area contributed by atoms with Crippen LogP contribution in [0.1, 0.15) is 47.5 Å². The lowest BCUT2D eigenvalue weighted by Crippen LogP contribution is -2.47. The van der Waals surface area contributed by atoms with Crippen LogP contribution in [-0.2, 0) is 9.57 Å². The molecule has 2 unspecified atom stereocenters. The molecular formula is C14H28N2O3. The smallest absolute Gasteiger partial charge is 0.410 e. The Bertz CT molecular complexity index is 289. The van der Waals surface area contributed by atoms with Gasteiger partial charge in [-0.3, -0.25) is 0 Å². The number of hydroxylamine groups is 1. The molecule has 1 saturated heterocycles. The van der Waals surface area contributed by atoms with E-state index >= 15 is 0 Å². The lowest BCUT2D eigenvalue weighted by molar-refractivity contribution is -0.00925. The van der Waals surface area contributed by atoms with Gasteiger partial charge in [0.2, 0.25) is 0 Å². The van der Waals surface area contributed by atoms with Crippen molar-refractivity contribution in [2.75, 3.05) is 19.7 Å². The van der Waals surface area contributed by atoms with Crippen molar-refractivity contribution >= 4 is 6.09 Å². The van der Waals surface area contributed by atoms with Crippen LogP contribution in [0.4, 0.5) is 4.79 Å². The summed E-state index contributed by atoms with van der Waals surface area (Å²) in [7, 11) is 0. The predicted molar refractivity (Wildman–Crippen MR) is 74.8 cm³/mol. The Morgan fingerprint density at radius 3 is 2.74 bits per heavy atom. The summed E-state index contributed by atoms with van der Waals surface area (Å²) in [5.41, 5.74) is 2.60. The van der Waals surface area contributed by atoms with Crippen molar-refractivity contribution in [1.82, 2.24) is 10.4 Å². The lowest BCUT2D eigenvalue weighted by atomic mass is 9.92. The van der Waals surface area contributed by atoms with Gasteiger partial charge in [-0.2, -0.15) is 5.48 Å². The van der Waals surface area contributed by atoms with Gasteiger partial charge in [-0.05, 0) is 53.4 Å². The van der Waals surface area contributed by atoms with E-state index in [9.17, 15) is 4.79 Å². The van der Waals surface area contributed by atoms with Gasteiger partial charge in [0.1, 0.15) is 5.60 Å². The van der Waals surface area contributed by atoms with Crippen molar-refractivity contribution in [2.24, 2.45) is 5.92 Å². The van der Waals surface area contributed by atoms with Crippen molar-refractivity contribution in [1.29, 1.82) is 0 Å². The third kappa shape index (κ3) is 5.78. The van der Waals surface area contributed by atoms with Crippen LogP contribution in [0.15, 0.2) is 0 Å². The minimum Gasteiger partial charge on any atom is -0.444 e. The van der Waals surface area contributed by atoms with Gasteiger partial charge in [0.05, 0.1) is 6.61 Å². The third-order valence-corrected chi connectivity index (χ3v) is 3.23. The Hall–Kier alpha value is -0.810. The molecule has 5 heteroatoms. The average Bonchev–Trinajstić information content (AvgIpc) is 2.34. The minimum atomic E-state index is -0.431. The number of nitrogens with one attached hydrogen (secondary N) is 1. The number of nitrogens with zero attached hydrogens (tertiary/aromatic N) is 1. The van der Waals surface area contributed by atoms with E-state index in [1.54, 1.807) is 0 Å². The van der Waals surface area contributed by atoms with Gasteiger partial charge in [0.25, 0.3) is 0 Å². The quantitative estimate of drug-likeness (QED) is 0.799. The van der Waals surface area contributed by atoms with E-state index in [0.29, 0.717) is 12.5 Å². The number of rotatable bonds is 4. The van der Waals surface area contributed by atoms with Crippen molar-refractivity contribution < 1.29 is 14.4 Å². The second kappa shape index (κ2) is 7.10. The third-order valence-electron chi connectivity index (χ3n) is 3.23. The summed E-state index contributed by atoms with van der Waals surface area (Å²) >= 11 is 0. The van der Waals surface area contributed by atoms with Crippen LogP contribution >= 0.6 is 0 Å². The number of carbonyl (C=O) groups excluding carboxylic acids is 1. The summed E-state index contributed by atoms with van der Waals surface area (Å²) in [6, 6.07) is 0.241. The molecule has 19 heavy (non-hydrogen) atoms. The number of hydrogen-bond donors (Lipinski definition) is 1. The number of hydrogen-bond acceptors (Lipinski definition) is 4. The van der Waals surface area contributed by atoms with E-state index in [1.165, 1.54) is 0 Å². The zero-order chi connectivity index (χ0) is 14.5. The maximum absolute atomic E-state index is 12.0.